The SMILES string of the molecule is CC1CC(C(F)F)n2ncc(Br)c2N1. The Labute approximate surface area is 88.6 Å². The number of fused-ring (bicyclic) bond motifs is 1. The van der Waals surface area contributed by atoms with Crippen molar-refractivity contribution in [1.29, 1.82) is 0 Å². The minimum Gasteiger partial charge on any atom is -0.367 e. The molecule has 6 heteroatoms. The predicted molar refractivity (Wildman–Crippen MR) is 52.7 cm³/mol. The first kappa shape index (κ1) is 9.89. The van der Waals surface area contributed by atoms with E-state index in [9.17, 15) is 8.78 Å². The largest absolute Gasteiger partial charge is 0.367 e. The van der Waals surface area contributed by atoms with Gasteiger partial charge in [-0.2, -0.15) is 5.10 Å². The number of aromatic nitrogens is 2. The fraction of sp³-hybridized carbons (Fsp3) is 0.625. The average Bonchev–Trinajstić information content (AvgIpc) is 2.47. The average molecular weight is 266 g/mol. The highest BCUT2D eigenvalue weighted by molar-refractivity contribution is 9.10. The molecule has 1 aromatic heterocycles. The first-order chi connectivity index (χ1) is 6.59. The molecule has 2 atom stereocenters. The quantitative estimate of drug-likeness (QED) is 0.846. The monoisotopic (exact) mass is 265 g/mol. The zero-order valence-electron chi connectivity index (χ0n) is 7.54. The lowest BCUT2D eigenvalue weighted by molar-refractivity contribution is 0.0668. The first-order valence-corrected chi connectivity index (χ1v) is 5.16. The molecule has 2 rings (SSSR count). The topological polar surface area (TPSA) is 29.9 Å². The third-order valence-electron chi connectivity index (χ3n) is 2.33. The van der Waals surface area contributed by atoms with Crippen molar-refractivity contribution >= 4 is 21.7 Å². The van der Waals surface area contributed by atoms with Crippen molar-refractivity contribution in [1.82, 2.24) is 9.78 Å². The standard InChI is InChI=1S/C8H10BrF2N3/c1-4-2-6(7(10)11)14-8(13-4)5(9)3-12-14/h3-4,6-7,13H,2H2,1H3. The van der Waals surface area contributed by atoms with E-state index in [1.54, 1.807) is 0 Å². The van der Waals surface area contributed by atoms with E-state index in [1.165, 1.54) is 10.9 Å². The molecule has 0 saturated heterocycles. The summed E-state index contributed by atoms with van der Waals surface area (Å²) in [7, 11) is 0. The van der Waals surface area contributed by atoms with Crippen LogP contribution in [0.25, 0.3) is 0 Å². The fourth-order valence-corrected chi connectivity index (χ4v) is 2.08. The molecule has 0 aliphatic carbocycles. The second-order valence-corrected chi connectivity index (χ2v) is 4.32. The van der Waals surface area contributed by atoms with Crippen LogP contribution in [0.4, 0.5) is 14.6 Å². The summed E-state index contributed by atoms with van der Waals surface area (Å²) in [6, 6.07) is -0.762. The Hall–Kier alpha value is -0.650. The molecule has 0 bridgehead atoms. The minimum atomic E-state index is -2.37. The van der Waals surface area contributed by atoms with Crippen molar-refractivity contribution in [3.05, 3.63) is 10.7 Å². The zero-order chi connectivity index (χ0) is 10.3. The van der Waals surface area contributed by atoms with Gasteiger partial charge in [0, 0.05) is 6.04 Å². The Morgan fingerprint density at radius 1 is 1.71 bits per heavy atom. The second-order valence-electron chi connectivity index (χ2n) is 3.47. The van der Waals surface area contributed by atoms with E-state index >= 15 is 0 Å². The Bertz CT molecular complexity index is 339. The van der Waals surface area contributed by atoms with Gasteiger partial charge in [-0.15, -0.1) is 0 Å². The van der Waals surface area contributed by atoms with Gasteiger partial charge >= 0.3 is 0 Å². The zero-order valence-corrected chi connectivity index (χ0v) is 9.13. The molecule has 14 heavy (non-hydrogen) atoms. The lowest BCUT2D eigenvalue weighted by atomic mass is 10.1. The van der Waals surface area contributed by atoms with Crippen molar-refractivity contribution in [3.8, 4) is 0 Å². The summed E-state index contributed by atoms with van der Waals surface area (Å²) in [6.07, 6.45) is -0.431. The van der Waals surface area contributed by atoms with Gasteiger partial charge in [-0.1, -0.05) is 0 Å². The molecular weight excluding hydrogens is 256 g/mol. The molecule has 0 aromatic carbocycles. The molecule has 0 saturated carbocycles. The van der Waals surface area contributed by atoms with E-state index in [1.807, 2.05) is 6.92 Å². The summed E-state index contributed by atoms with van der Waals surface area (Å²) in [5.74, 6) is 0.647. The van der Waals surface area contributed by atoms with Crippen molar-refractivity contribution in [2.75, 3.05) is 5.32 Å². The minimum absolute atomic E-state index is 0.0505. The van der Waals surface area contributed by atoms with Crippen LogP contribution in [0.1, 0.15) is 19.4 Å². The third kappa shape index (κ3) is 1.51. The molecule has 0 radical (unpaired) electrons. The van der Waals surface area contributed by atoms with E-state index in [2.05, 4.69) is 26.3 Å². The Balaban J connectivity index is 2.39. The van der Waals surface area contributed by atoms with Crippen LogP contribution in [0.3, 0.4) is 0 Å². The van der Waals surface area contributed by atoms with Gasteiger partial charge in [0.05, 0.1) is 10.7 Å². The second kappa shape index (κ2) is 3.49. The number of nitrogens with zero attached hydrogens (tertiary/aromatic N) is 2. The van der Waals surface area contributed by atoms with Crippen LogP contribution < -0.4 is 5.32 Å². The number of halogens is 3. The van der Waals surface area contributed by atoms with Crippen LogP contribution in [-0.2, 0) is 0 Å². The van der Waals surface area contributed by atoms with Crippen LogP contribution in [0.2, 0.25) is 0 Å². The molecule has 78 valence electrons. The van der Waals surface area contributed by atoms with Crippen molar-refractivity contribution < 1.29 is 8.78 Å². The van der Waals surface area contributed by atoms with Gasteiger partial charge < -0.3 is 5.32 Å². The Morgan fingerprint density at radius 2 is 2.43 bits per heavy atom. The number of nitrogens with one attached hydrogen (secondary N) is 1. The van der Waals surface area contributed by atoms with Crippen LogP contribution in [0.5, 0.6) is 0 Å². The van der Waals surface area contributed by atoms with Gasteiger partial charge in [0.15, 0.2) is 0 Å². The lowest BCUT2D eigenvalue weighted by Crippen LogP contribution is -2.33. The summed E-state index contributed by atoms with van der Waals surface area (Å²) in [5, 5.41) is 7.03. The molecule has 1 aliphatic heterocycles. The summed E-state index contributed by atoms with van der Waals surface area (Å²) < 4.78 is 27.4. The normalized spacial score (nSPS) is 26.1. The van der Waals surface area contributed by atoms with Crippen LogP contribution >= 0.6 is 15.9 Å². The van der Waals surface area contributed by atoms with Gasteiger partial charge in [-0.05, 0) is 29.3 Å². The number of alkyl halides is 2. The first-order valence-electron chi connectivity index (χ1n) is 4.37. The molecule has 1 aliphatic rings. The van der Waals surface area contributed by atoms with Crippen molar-refractivity contribution in [3.63, 3.8) is 0 Å². The highest BCUT2D eigenvalue weighted by Gasteiger charge is 2.32. The Kier molecular flexibility index (Phi) is 2.47. The van der Waals surface area contributed by atoms with E-state index in [0.29, 0.717) is 12.2 Å². The van der Waals surface area contributed by atoms with Gasteiger partial charge in [0.1, 0.15) is 11.9 Å². The highest BCUT2D eigenvalue weighted by Crippen LogP contribution is 2.35. The molecule has 0 fully saturated rings. The molecule has 1 aromatic rings. The predicted octanol–water partition coefficient (Wildman–Crippen LogP) is 2.66. The summed E-state index contributed by atoms with van der Waals surface area (Å²) in [4.78, 5) is 0. The lowest BCUT2D eigenvalue weighted by Gasteiger charge is -2.29. The molecule has 0 spiro atoms. The van der Waals surface area contributed by atoms with E-state index < -0.39 is 12.5 Å². The van der Waals surface area contributed by atoms with Gasteiger partial charge in [0.2, 0.25) is 0 Å². The summed E-state index contributed by atoms with van der Waals surface area (Å²) in [6.45, 7) is 1.89. The van der Waals surface area contributed by atoms with Crippen LogP contribution in [0.15, 0.2) is 10.7 Å². The molecule has 2 heterocycles. The van der Waals surface area contributed by atoms with Crippen LogP contribution in [0, 0.1) is 0 Å². The smallest absolute Gasteiger partial charge is 0.260 e. The number of hydrogen-bond acceptors (Lipinski definition) is 2. The van der Waals surface area contributed by atoms with Crippen LogP contribution in [-0.4, -0.2) is 22.2 Å². The van der Waals surface area contributed by atoms with Gasteiger partial charge in [-0.3, -0.25) is 0 Å². The fourth-order valence-electron chi connectivity index (χ4n) is 1.69. The molecule has 3 nitrogen and oxygen atoms in total. The van der Waals surface area contributed by atoms with Gasteiger partial charge in [-0.25, -0.2) is 13.5 Å². The molecular formula is C8H10BrF2N3. The molecule has 2 unspecified atom stereocenters. The van der Waals surface area contributed by atoms with E-state index in [0.717, 1.165) is 4.47 Å². The highest BCUT2D eigenvalue weighted by atomic mass is 79.9. The van der Waals surface area contributed by atoms with Gasteiger partial charge in [0.25, 0.3) is 6.43 Å². The summed E-state index contributed by atoms with van der Waals surface area (Å²) >= 11 is 3.27. The maximum Gasteiger partial charge on any atom is 0.260 e. The number of rotatable bonds is 1. The van der Waals surface area contributed by atoms with E-state index in [4.69, 9.17) is 0 Å². The number of anilines is 1. The van der Waals surface area contributed by atoms with Crippen molar-refractivity contribution in [2.24, 2.45) is 0 Å². The molecule has 0 amide bonds. The van der Waals surface area contributed by atoms with Crippen molar-refractivity contribution in [2.45, 2.75) is 31.9 Å². The summed E-state index contributed by atoms with van der Waals surface area (Å²) in [5.41, 5.74) is 0. The maximum atomic E-state index is 12.7. The third-order valence-corrected chi connectivity index (χ3v) is 2.91. The van der Waals surface area contributed by atoms with E-state index in [-0.39, 0.29) is 6.04 Å². The number of hydrogen-bond donors (Lipinski definition) is 1. The molecule has 1 N–H and O–H groups in total. The Morgan fingerprint density at radius 3 is 3.07 bits per heavy atom. The maximum absolute atomic E-state index is 12.7.